The Morgan fingerprint density at radius 1 is 0.600 bits per heavy atom. The van der Waals surface area contributed by atoms with Gasteiger partial charge in [-0.15, -0.1) is 0 Å². The molecule has 0 saturated heterocycles. The molecule has 1 aromatic heterocycles. The Hall–Kier alpha value is -3.46. The summed E-state index contributed by atoms with van der Waals surface area (Å²) < 4.78 is 0. The van der Waals surface area contributed by atoms with Crippen LogP contribution in [0.2, 0.25) is 0 Å². The largest absolute Gasteiger partial charge is 0.340 e. The van der Waals surface area contributed by atoms with E-state index in [4.69, 9.17) is 0 Å². The number of hydrogen-bond acceptors (Lipinski definition) is 3. The van der Waals surface area contributed by atoms with E-state index in [-0.39, 0.29) is 0 Å². The molecule has 0 atom stereocenters. The van der Waals surface area contributed by atoms with Crippen molar-refractivity contribution in [3.8, 4) is 22.3 Å². The van der Waals surface area contributed by atoms with Crippen LogP contribution < -0.4 is 5.32 Å². The van der Waals surface area contributed by atoms with Crippen molar-refractivity contribution in [1.29, 1.82) is 0 Å². The first kappa shape index (κ1) is 15.1. The van der Waals surface area contributed by atoms with Crippen LogP contribution in [0.5, 0.6) is 0 Å². The maximum atomic E-state index is 4.26. The standard InChI is InChI=1S/C22H17N3/c1-3-7-17(8-4-1)19-13-20(18-9-5-2-6-10-18)15-21(14-19)25-22-11-12-23-16-24-22/h1-16H,(H,23,24,25). The molecule has 0 amide bonds. The van der Waals surface area contributed by atoms with E-state index in [1.807, 2.05) is 18.2 Å². The lowest BCUT2D eigenvalue weighted by Gasteiger charge is -2.12. The summed E-state index contributed by atoms with van der Waals surface area (Å²) in [4.78, 5) is 8.22. The van der Waals surface area contributed by atoms with Crippen LogP contribution in [0.3, 0.4) is 0 Å². The highest BCUT2D eigenvalue weighted by molar-refractivity contribution is 5.79. The SMILES string of the molecule is c1ccc(-c2cc(Nc3ccncn3)cc(-c3ccccc3)c2)cc1. The molecule has 4 aromatic rings. The molecule has 1 N–H and O–H groups in total. The van der Waals surface area contributed by atoms with Gasteiger partial charge in [-0.05, 0) is 46.5 Å². The molecule has 0 unspecified atom stereocenters. The third kappa shape index (κ3) is 3.56. The van der Waals surface area contributed by atoms with Crippen molar-refractivity contribution in [3.05, 3.63) is 97.5 Å². The van der Waals surface area contributed by atoms with E-state index in [1.54, 1.807) is 12.5 Å². The number of nitrogens with one attached hydrogen (secondary N) is 1. The molecule has 0 aliphatic carbocycles. The second kappa shape index (κ2) is 6.97. The molecule has 0 saturated carbocycles. The summed E-state index contributed by atoms with van der Waals surface area (Å²) in [6.07, 6.45) is 3.27. The predicted molar refractivity (Wildman–Crippen MR) is 103 cm³/mol. The minimum absolute atomic E-state index is 0.777. The smallest absolute Gasteiger partial charge is 0.133 e. The zero-order chi connectivity index (χ0) is 16.9. The molecule has 0 aliphatic rings. The molecular weight excluding hydrogens is 306 g/mol. The van der Waals surface area contributed by atoms with E-state index in [0.29, 0.717) is 0 Å². The summed E-state index contributed by atoms with van der Waals surface area (Å²) in [6.45, 7) is 0. The van der Waals surface area contributed by atoms with E-state index >= 15 is 0 Å². The van der Waals surface area contributed by atoms with Gasteiger partial charge in [-0.3, -0.25) is 0 Å². The van der Waals surface area contributed by atoms with E-state index < -0.39 is 0 Å². The molecule has 0 radical (unpaired) electrons. The molecule has 3 nitrogen and oxygen atoms in total. The molecule has 0 spiro atoms. The van der Waals surface area contributed by atoms with Crippen molar-refractivity contribution < 1.29 is 0 Å². The topological polar surface area (TPSA) is 37.8 Å². The fourth-order valence-electron chi connectivity index (χ4n) is 2.81. The normalized spacial score (nSPS) is 10.4. The Kier molecular flexibility index (Phi) is 4.21. The number of benzene rings is 3. The molecule has 25 heavy (non-hydrogen) atoms. The second-order valence-corrected chi connectivity index (χ2v) is 5.75. The van der Waals surface area contributed by atoms with Gasteiger partial charge in [-0.25, -0.2) is 9.97 Å². The van der Waals surface area contributed by atoms with Crippen LogP contribution >= 0.6 is 0 Å². The van der Waals surface area contributed by atoms with Gasteiger partial charge in [-0.1, -0.05) is 60.7 Å². The minimum Gasteiger partial charge on any atom is -0.340 e. The number of hydrogen-bond donors (Lipinski definition) is 1. The van der Waals surface area contributed by atoms with E-state index in [1.165, 1.54) is 22.3 Å². The first-order valence-corrected chi connectivity index (χ1v) is 8.17. The fraction of sp³-hybridized carbons (Fsp3) is 0. The first-order valence-electron chi connectivity index (χ1n) is 8.17. The zero-order valence-electron chi connectivity index (χ0n) is 13.6. The monoisotopic (exact) mass is 323 g/mol. The Balaban J connectivity index is 1.80. The second-order valence-electron chi connectivity index (χ2n) is 5.75. The molecule has 1 heterocycles. The number of nitrogens with zero attached hydrogens (tertiary/aromatic N) is 2. The van der Waals surface area contributed by atoms with Gasteiger partial charge in [0, 0.05) is 11.9 Å². The van der Waals surface area contributed by atoms with Gasteiger partial charge in [0.15, 0.2) is 0 Å². The lowest BCUT2D eigenvalue weighted by molar-refractivity contribution is 1.17. The molecule has 120 valence electrons. The number of aromatic nitrogens is 2. The molecule has 3 aromatic carbocycles. The summed E-state index contributed by atoms with van der Waals surface area (Å²) in [5, 5.41) is 3.37. The summed E-state index contributed by atoms with van der Waals surface area (Å²) in [5.74, 6) is 0.777. The average Bonchev–Trinajstić information content (AvgIpc) is 2.70. The van der Waals surface area contributed by atoms with Crippen molar-refractivity contribution in [1.82, 2.24) is 9.97 Å². The summed E-state index contributed by atoms with van der Waals surface area (Å²) in [6, 6.07) is 29.2. The molecular formula is C22H17N3. The summed E-state index contributed by atoms with van der Waals surface area (Å²) >= 11 is 0. The Bertz CT molecular complexity index is 894. The van der Waals surface area contributed by atoms with Crippen LogP contribution in [0.15, 0.2) is 97.5 Å². The van der Waals surface area contributed by atoms with Crippen molar-refractivity contribution in [2.24, 2.45) is 0 Å². The van der Waals surface area contributed by atoms with Gasteiger partial charge >= 0.3 is 0 Å². The van der Waals surface area contributed by atoms with Gasteiger partial charge in [0.25, 0.3) is 0 Å². The molecule has 3 heteroatoms. The van der Waals surface area contributed by atoms with Gasteiger partial charge in [-0.2, -0.15) is 0 Å². The molecule has 0 aliphatic heterocycles. The minimum atomic E-state index is 0.777. The van der Waals surface area contributed by atoms with Crippen LogP contribution in [0.4, 0.5) is 11.5 Å². The Labute approximate surface area is 147 Å². The summed E-state index contributed by atoms with van der Waals surface area (Å²) in [5.41, 5.74) is 5.70. The maximum absolute atomic E-state index is 4.26. The third-order valence-electron chi connectivity index (χ3n) is 4.00. The van der Waals surface area contributed by atoms with Crippen LogP contribution in [-0.2, 0) is 0 Å². The highest BCUT2D eigenvalue weighted by atomic mass is 15.0. The highest BCUT2D eigenvalue weighted by Gasteiger charge is 2.06. The van der Waals surface area contributed by atoms with E-state index in [0.717, 1.165) is 11.5 Å². The maximum Gasteiger partial charge on any atom is 0.133 e. The molecule has 4 rings (SSSR count). The highest BCUT2D eigenvalue weighted by Crippen LogP contribution is 2.31. The van der Waals surface area contributed by atoms with Crippen LogP contribution in [0, 0.1) is 0 Å². The average molecular weight is 323 g/mol. The van der Waals surface area contributed by atoms with Crippen molar-refractivity contribution >= 4 is 11.5 Å². The lowest BCUT2D eigenvalue weighted by atomic mass is 9.98. The van der Waals surface area contributed by atoms with Gasteiger partial charge < -0.3 is 5.32 Å². The van der Waals surface area contributed by atoms with E-state index in [2.05, 4.69) is 82.0 Å². The fourth-order valence-corrected chi connectivity index (χ4v) is 2.81. The zero-order valence-corrected chi connectivity index (χ0v) is 13.6. The third-order valence-corrected chi connectivity index (χ3v) is 4.00. The lowest BCUT2D eigenvalue weighted by Crippen LogP contribution is -1.94. The number of rotatable bonds is 4. The van der Waals surface area contributed by atoms with E-state index in [9.17, 15) is 0 Å². The number of anilines is 2. The summed E-state index contributed by atoms with van der Waals surface area (Å²) in [7, 11) is 0. The van der Waals surface area contributed by atoms with Crippen LogP contribution in [-0.4, -0.2) is 9.97 Å². The predicted octanol–water partition coefficient (Wildman–Crippen LogP) is 5.55. The Morgan fingerprint density at radius 2 is 1.20 bits per heavy atom. The van der Waals surface area contributed by atoms with Gasteiger partial charge in [0.2, 0.25) is 0 Å². The van der Waals surface area contributed by atoms with Gasteiger partial charge in [0.05, 0.1) is 0 Å². The molecule has 0 bridgehead atoms. The van der Waals surface area contributed by atoms with Gasteiger partial charge in [0.1, 0.15) is 12.1 Å². The van der Waals surface area contributed by atoms with Crippen LogP contribution in [0.1, 0.15) is 0 Å². The van der Waals surface area contributed by atoms with Crippen molar-refractivity contribution in [3.63, 3.8) is 0 Å². The van der Waals surface area contributed by atoms with Crippen LogP contribution in [0.25, 0.3) is 22.3 Å². The molecule has 0 fully saturated rings. The quantitative estimate of drug-likeness (QED) is 0.535. The first-order chi connectivity index (χ1) is 12.4. The van der Waals surface area contributed by atoms with Crippen molar-refractivity contribution in [2.75, 3.05) is 5.32 Å². The Morgan fingerprint density at radius 3 is 1.72 bits per heavy atom. The van der Waals surface area contributed by atoms with Crippen molar-refractivity contribution in [2.45, 2.75) is 0 Å².